The van der Waals surface area contributed by atoms with E-state index in [1.54, 1.807) is 0 Å². The molecule has 2 rings (SSSR count). The molecule has 0 aromatic heterocycles. The number of aryl methyl sites for hydroxylation is 1. The van der Waals surface area contributed by atoms with Crippen molar-refractivity contribution in [1.82, 2.24) is 0 Å². The van der Waals surface area contributed by atoms with Crippen LogP contribution in [0.5, 0.6) is 0 Å². The maximum atomic E-state index is 4.62. The molecule has 0 unspecified atom stereocenters. The number of rotatable bonds is 2. The van der Waals surface area contributed by atoms with Crippen LogP contribution in [-0.4, -0.2) is 12.3 Å². The van der Waals surface area contributed by atoms with Crippen molar-refractivity contribution < 1.29 is 0 Å². The molecule has 0 saturated heterocycles. The summed E-state index contributed by atoms with van der Waals surface area (Å²) in [5.74, 6) is 0. The molecule has 1 aliphatic rings. The lowest BCUT2D eigenvalue weighted by atomic mass is 9.92. The van der Waals surface area contributed by atoms with Crippen LogP contribution >= 0.6 is 0 Å². The minimum absolute atomic E-state index is 0.979. The minimum Gasteiger partial charge on any atom is -0.289 e. The molecule has 0 amide bonds. The van der Waals surface area contributed by atoms with Crippen molar-refractivity contribution in [3.8, 4) is 0 Å². The quantitative estimate of drug-likeness (QED) is 0.674. The smallest absolute Gasteiger partial charge is 0.0433 e. The Morgan fingerprint density at radius 2 is 2.21 bits per heavy atom. The monoisotopic (exact) mass is 187 g/mol. The predicted molar refractivity (Wildman–Crippen MR) is 61.2 cm³/mol. The zero-order valence-corrected chi connectivity index (χ0v) is 9.01. The molecular formula is C13H17N. The zero-order valence-electron chi connectivity index (χ0n) is 9.01. The summed E-state index contributed by atoms with van der Waals surface area (Å²) < 4.78 is 0. The molecule has 1 heterocycles. The maximum absolute atomic E-state index is 4.62. The summed E-state index contributed by atoms with van der Waals surface area (Å²) in [7, 11) is 0. The lowest BCUT2D eigenvalue weighted by Gasteiger charge is -2.18. The average molecular weight is 187 g/mol. The fraction of sp³-hybridized carbons (Fsp3) is 0.462. The molecule has 1 aromatic rings. The maximum Gasteiger partial charge on any atom is 0.0433 e. The standard InChI is InChI=1S/C13H17N/c1-3-5-13-12-7-4-6-10(2)11(12)8-9-14-13/h4,6-7H,3,5,8-9H2,1-2H3. The van der Waals surface area contributed by atoms with Gasteiger partial charge < -0.3 is 0 Å². The van der Waals surface area contributed by atoms with Crippen molar-refractivity contribution in [1.29, 1.82) is 0 Å². The Bertz CT molecular complexity index is 363. The van der Waals surface area contributed by atoms with E-state index in [1.807, 2.05) is 0 Å². The largest absolute Gasteiger partial charge is 0.289 e. The molecule has 0 bridgehead atoms. The molecular weight excluding hydrogens is 170 g/mol. The van der Waals surface area contributed by atoms with Crippen molar-refractivity contribution in [3.63, 3.8) is 0 Å². The van der Waals surface area contributed by atoms with Crippen molar-refractivity contribution in [2.24, 2.45) is 4.99 Å². The summed E-state index contributed by atoms with van der Waals surface area (Å²) in [5.41, 5.74) is 5.66. The molecule has 14 heavy (non-hydrogen) atoms. The van der Waals surface area contributed by atoms with Gasteiger partial charge in [0.05, 0.1) is 0 Å². The van der Waals surface area contributed by atoms with Gasteiger partial charge in [0.1, 0.15) is 0 Å². The Hall–Kier alpha value is -1.11. The van der Waals surface area contributed by atoms with Crippen LogP contribution in [0.2, 0.25) is 0 Å². The molecule has 1 heteroatoms. The van der Waals surface area contributed by atoms with E-state index in [2.05, 4.69) is 37.0 Å². The van der Waals surface area contributed by atoms with Crippen LogP contribution in [0.4, 0.5) is 0 Å². The minimum atomic E-state index is 0.979. The highest BCUT2D eigenvalue weighted by molar-refractivity contribution is 6.02. The van der Waals surface area contributed by atoms with Gasteiger partial charge in [-0.25, -0.2) is 0 Å². The van der Waals surface area contributed by atoms with Crippen LogP contribution in [0, 0.1) is 6.92 Å². The van der Waals surface area contributed by atoms with Crippen LogP contribution in [0.3, 0.4) is 0 Å². The van der Waals surface area contributed by atoms with Crippen LogP contribution in [0.1, 0.15) is 36.5 Å². The molecule has 0 atom stereocenters. The van der Waals surface area contributed by atoms with Crippen LogP contribution in [-0.2, 0) is 6.42 Å². The fourth-order valence-corrected chi connectivity index (χ4v) is 2.14. The Kier molecular flexibility index (Phi) is 2.67. The first-order valence-corrected chi connectivity index (χ1v) is 5.45. The third kappa shape index (κ3) is 1.59. The number of hydrogen-bond donors (Lipinski definition) is 0. The summed E-state index contributed by atoms with van der Waals surface area (Å²) >= 11 is 0. The normalized spacial score (nSPS) is 14.9. The van der Waals surface area contributed by atoms with Crippen molar-refractivity contribution >= 4 is 5.71 Å². The molecule has 1 nitrogen and oxygen atoms in total. The molecule has 0 N–H and O–H groups in total. The lowest BCUT2D eigenvalue weighted by Crippen LogP contribution is -2.13. The number of fused-ring (bicyclic) bond motifs is 1. The second-order valence-electron chi connectivity index (χ2n) is 3.93. The van der Waals surface area contributed by atoms with Gasteiger partial charge >= 0.3 is 0 Å². The summed E-state index contributed by atoms with van der Waals surface area (Å²) in [6, 6.07) is 6.56. The van der Waals surface area contributed by atoms with Gasteiger partial charge in [-0.1, -0.05) is 31.5 Å². The molecule has 0 radical (unpaired) electrons. The van der Waals surface area contributed by atoms with E-state index in [0.29, 0.717) is 0 Å². The van der Waals surface area contributed by atoms with E-state index in [0.717, 1.165) is 19.4 Å². The first-order chi connectivity index (χ1) is 6.83. The summed E-state index contributed by atoms with van der Waals surface area (Å²) in [5, 5.41) is 0. The Morgan fingerprint density at radius 3 is 3.00 bits per heavy atom. The van der Waals surface area contributed by atoms with Gasteiger partial charge in [0, 0.05) is 12.3 Å². The highest BCUT2D eigenvalue weighted by Crippen LogP contribution is 2.21. The van der Waals surface area contributed by atoms with Gasteiger partial charge in [-0.2, -0.15) is 0 Å². The number of hydrogen-bond acceptors (Lipinski definition) is 1. The Morgan fingerprint density at radius 1 is 1.36 bits per heavy atom. The van der Waals surface area contributed by atoms with Gasteiger partial charge in [0.2, 0.25) is 0 Å². The summed E-state index contributed by atoms with van der Waals surface area (Å²) in [4.78, 5) is 4.62. The molecule has 0 aliphatic carbocycles. The second kappa shape index (κ2) is 3.95. The van der Waals surface area contributed by atoms with E-state index < -0.39 is 0 Å². The number of benzene rings is 1. The first-order valence-electron chi connectivity index (χ1n) is 5.45. The number of nitrogens with zero attached hydrogens (tertiary/aromatic N) is 1. The van der Waals surface area contributed by atoms with Crippen LogP contribution in [0.15, 0.2) is 23.2 Å². The summed E-state index contributed by atoms with van der Waals surface area (Å²) in [6.45, 7) is 5.40. The van der Waals surface area contributed by atoms with E-state index >= 15 is 0 Å². The van der Waals surface area contributed by atoms with Crippen molar-refractivity contribution in [2.45, 2.75) is 33.1 Å². The third-order valence-electron chi connectivity index (χ3n) is 2.87. The highest BCUT2D eigenvalue weighted by atomic mass is 14.7. The average Bonchev–Trinajstić information content (AvgIpc) is 2.20. The SMILES string of the molecule is CCCC1=NCCc2c(C)cccc21. The van der Waals surface area contributed by atoms with E-state index in [4.69, 9.17) is 0 Å². The third-order valence-corrected chi connectivity index (χ3v) is 2.87. The van der Waals surface area contributed by atoms with E-state index in [9.17, 15) is 0 Å². The molecule has 1 aromatic carbocycles. The topological polar surface area (TPSA) is 12.4 Å². The van der Waals surface area contributed by atoms with Gasteiger partial charge in [-0.15, -0.1) is 0 Å². The van der Waals surface area contributed by atoms with E-state index in [1.165, 1.54) is 28.8 Å². The molecule has 1 aliphatic heterocycles. The fourth-order valence-electron chi connectivity index (χ4n) is 2.14. The van der Waals surface area contributed by atoms with Crippen LogP contribution in [0.25, 0.3) is 0 Å². The Balaban J connectivity index is 2.43. The zero-order chi connectivity index (χ0) is 9.97. The molecule has 0 saturated carbocycles. The van der Waals surface area contributed by atoms with Gasteiger partial charge in [0.25, 0.3) is 0 Å². The first kappa shape index (κ1) is 9.45. The molecule has 0 fully saturated rings. The number of aliphatic imine (C=N–C) groups is 1. The van der Waals surface area contributed by atoms with Gasteiger partial charge in [0.15, 0.2) is 0 Å². The van der Waals surface area contributed by atoms with Gasteiger partial charge in [-0.05, 0) is 36.5 Å². The van der Waals surface area contributed by atoms with Crippen molar-refractivity contribution in [3.05, 3.63) is 34.9 Å². The van der Waals surface area contributed by atoms with Crippen LogP contribution < -0.4 is 0 Å². The Labute approximate surface area is 85.9 Å². The molecule has 0 spiro atoms. The van der Waals surface area contributed by atoms with Crippen molar-refractivity contribution in [2.75, 3.05) is 6.54 Å². The second-order valence-corrected chi connectivity index (χ2v) is 3.93. The molecule has 74 valence electrons. The van der Waals surface area contributed by atoms with E-state index in [-0.39, 0.29) is 0 Å². The highest BCUT2D eigenvalue weighted by Gasteiger charge is 2.13. The predicted octanol–water partition coefficient (Wildman–Crippen LogP) is 3.14. The van der Waals surface area contributed by atoms with Gasteiger partial charge in [-0.3, -0.25) is 4.99 Å². The summed E-state index contributed by atoms with van der Waals surface area (Å²) in [6.07, 6.45) is 3.43. The lowest BCUT2D eigenvalue weighted by molar-refractivity contribution is 0.898.